The zero-order valence-electron chi connectivity index (χ0n) is 10.8. The number of hydrogen-bond donors (Lipinski definition) is 1. The molecule has 4 heteroatoms. The second-order valence-electron chi connectivity index (χ2n) is 4.51. The Kier molecular flexibility index (Phi) is 4.26. The summed E-state index contributed by atoms with van der Waals surface area (Å²) >= 11 is 0. The van der Waals surface area contributed by atoms with Crippen molar-refractivity contribution in [1.82, 2.24) is 5.32 Å². The van der Waals surface area contributed by atoms with Crippen LogP contribution in [0.3, 0.4) is 0 Å². The van der Waals surface area contributed by atoms with Gasteiger partial charge in [-0.1, -0.05) is 42.0 Å². The first-order valence-electron chi connectivity index (χ1n) is 6.15. The van der Waals surface area contributed by atoms with E-state index >= 15 is 0 Å². The molecule has 0 aromatic heterocycles. The van der Waals surface area contributed by atoms with Gasteiger partial charge in [-0.15, -0.1) is 0 Å². The normalized spacial score (nSPS) is 10.4. The fourth-order valence-corrected chi connectivity index (χ4v) is 1.79. The minimum Gasteiger partial charge on any atom is -0.309 e. The third-order valence-electron chi connectivity index (χ3n) is 2.93. The van der Waals surface area contributed by atoms with Crippen LogP contribution in [-0.2, 0) is 13.1 Å². The molecule has 0 saturated carbocycles. The Bertz CT molecular complexity index is 547. The SMILES string of the molecule is Cc1ccc(CNCc2ccc([N+](=O)[O-])cc2)cc1. The number of nitrogens with zero attached hydrogens (tertiary/aromatic N) is 1. The van der Waals surface area contributed by atoms with Crippen molar-refractivity contribution in [3.63, 3.8) is 0 Å². The van der Waals surface area contributed by atoms with Gasteiger partial charge in [-0.2, -0.15) is 0 Å². The van der Waals surface area contributed by atoms with Crippen LogP contribution in [0.1, 0.15) is 16.7 Å². The van der Waals surface area contributed by atoms with Gasteiger partial charge in [0.25, 0.3) is 5.69 Å². The summed E-state index contributed by atoms with van der Waals surface area (Å²) < 4.78 is 0. The first-order chi connectivity index (χ1) is 9.15. The van der Waals surface area contributed by atoms with Crippen molar-refractivity contribution >= 4 is 5.69 Å². The van der Waals surface area contributed by atoms with Crippen molar-refractivity contribution < 1.29 is 4.92 Å². The summed E-state index contributed by atoms with van der Waals surface area (Å²) in [4.78, 5) is 10.1. The van der Waals surface area contributed by atoms with Crippen LogP contribution in [0.15, 0.2) is 48.5 Å². The zero-order valence-corrected chi connectivity index (χ0v) is 10.8. The Hall–Kier alpha value is -2.20. The van der Waals surface area contributed by atoms with Crippen molar-refractivity contribution in [3.8, 4) is 0 Å². The lowest BCUT2D eigenvalue weighted by Crippen LogP contribution is -2.12. The Balaban J connectivity index is 1.85. The van der Waals surface area contributed by atoms with Gasteiger partial charge >= 0.3 is 0 Å². The molecule has 0 atom stereocenters. The average molecular weight is 256 g/mol. The number of nitro benzene ring substituents is 1. The molecule has 4 nitrogen and oxygen atoms in total. The van der Waals surface area contributed by atoms with Crippen LogP contribution in [0, 0.1) is 17.0 Å². The summed E-state index contributed by atoms with van der Waals surface area (Å²) in [6.07, 6.45) is 0. The molecule has 0 unspecified atom stereocenters. The van der Waals surface area contributed by atoms with Crippen LogP contribution in [0.4, 0.5) is 5.69 Å². The molecular formula is C15H16N2O2. The molecule has 1 N–H and O–H groups in total. The Morgan fingerprint density at radius 1 is 0.947 bits per heavy atom. The lowest BCUT2D eigenvalue weighted by molar-refractivity contribution is -0.384. The lowest BCUT2D eigenvalue weighted by atomic mass is 10.1. The molecule has 0 bridgehead atoms. The Morgan fingerprint density at radius 2 is 1.42 bits per heavy atom. The van der Waals surface area contributed by atoms with Crippen molar-refractivity contribution in [2.24, 2.45) is 0 Å². The lowest BCUT2D eigenvalue weighted by Gasteiger charge is -2.05. The highest BCUT2D eigenvalue weighted by atomic mass is 16.6. The summed E-state index contributed by atoms with van der Waals surface area (Å²) in [5.74, 6) is 0. The number of rotatable bonds is 5. The summed E-state index contributed by atoms with van der Waals surface area (Å²) in [6, 6.07) is 15.0. The minimum absolute atomic E-state index is 0.127. The van der Waals surface area contributed by atoms with Gasteiger partial charge in [-0.3, -0.25) is 10.1 Å². The van der Waals surface area contributed by atoms with Crippen LogP contribution in [0.2, 0.25) is 0 Å². The number of aryl methyl sites for hydroxylation is 1. The van der Waals surface area contributed by atoms with Gasteiger partial charge in [-0.05, 0) is 18.1 Å². The number of nitrogens with one attached hydrogen (secondary N) is 1. The third-order valence-corrected chi connectivity index (χ3v) is 2.93. The molecule has 98 valence electrons. The molecule has 0 fully saturated rings. The second-order valence-corrected chi connectivity index (χ2v) is 4.51. The van der Waals surface area contributed by atoms with E-state index in [1.165, 1.54) is 23.3 Å². The van der Waals surface area contributed by atoms with Crippen LogP contribution >= 0.6 is 0 Å². The fraction of sp³-hybridized carbons (Fsp3) is 0.200. The molecule has 2 aromatic carbocycles. The molecule has 19 heavy (non-hydrogen) atoms. The summed E-state index contributed by atoms with van der Waals surface area (Å²) in [7, 11) is 0. The van der Waals surface area contributed by atoms with Gasteiger partial charge in [0.2, 0.25) is 0 Å². The molecule has 0 heterocycles. The van der Waals surface area contributed by atoms with Crippen molar-refractivity contribution in [1.29, 1.82) is 0 Å². The standard InChI is InChI=1S/C15H16N2O2/c1-12-2-4-13(5-3-12)10-16-11-14-6-8-15(9-7-14)17(18)19/h2-9,16H,10-11H2,1H3. The predicted molar refractivity (Wildman–Crippen MR) is 74.8 cm³/mol. The maximum atomic E-state index is 10.5. The second kappa shape index (κ2) is 6.11. The quantitative estimate of drug-likeness (QED) is 0.660. The molecule has 0 saturated heterocycles. The van der Waals surface area contributed by atoms with E-state index in [4.69, 9.17) is 0 Å². The van der Waals surface area contributed by atoms with Crippen molar-refractivity contribution in [2.75, 3.05) is 0 Å². The molecule has 0 aliphatic heterocycles. The van der Waals surface area contributed by atoms with Crippen LogP contribution in [0.5, 0.6) is 0 Å². The van der Waals surface area contributed by atoms with Gasteiger partial charge in [0.15, 0.2) is 0 Å². The molecule has 0 spiro atoms. The van der Waals surface area contributed by atoms with Crippen molar-refractivity contribution in [2.45, 2.75) is 20.0 Å². The largest absolute Gasteiger partial charge is 0.309 e. The summed E-state index contributed by atoms with van der Waals surface area (Å²) in [5.41, 5.74) is 3.65. The molecule has 0 aliphatic rings. The maximum absolute atomic E-state index is 10.5. The van der Waals surface area contributed by atoms with E-state index in [0.29, 0.717) is 6.54 Å². The van der Waals surface area contributed by atoms with E-state index in [2.05, 4.69) is 36.5 Å². The molecular weight excluding hydrogens is 240 g/mol. The highest BCUT2D eigenvalue weighted by Gasteiger charge is 2.03. The van der Waals surface area contributed by atoms with Gasteiger partial charge in [0, 0.05) is 25.2 Å². The first kappa shape index (κ1) is 13.2. The topological polar surface area (TPSA) is 55.2 Å². The van der Waals surface area contributed by atoms with Gasteiger partial charge in [0.1, 0.15) is 0 Å². The third kappa shape index (κ3) is 3.89. The average Bonchev–Trinajstić information content (AvgIpc) is 2.41. The Morgan fingerprint density at radius 3 is 1.89 bits per heavy atom. The van der Waals surface area contributed by atoms with Crippen LogP contribution < -0.4 is 5.32 Å². The number of benzene rings is 2. The highest BCUT2D eigenvalue weighted by Crippen LogP contribution is 2.11. The van der Waals surface area contributed by atoms with Gasteiger partial charge in [-0.25, -0.2) is 0 Å². The maximum Gasteiger partial charge on any atom is 0.269 e. The Labute approximate surface area is 112 Å². The van der Waals surface area contributed by atoms with E-state index in [-0.39, 0.29) is 10.6 Å². The van der Waals surface area contributed by atoms with Gasteiger partial charge < -0.3 is 5.32 Å². The van der Waals surface area contributed by atoms with Gasteiger partial charge in [0.05, 0.1) is 4.92 Å². The van der Waals surface area contributed by atoms with Crippen LogP contribution in [0.25, 0.3) is 0 Å². The zero-order chi connectivity index (χ0) is 13.7. The molecule has 2 aromatic rings. The molecule has 2 rings (SSSR count). The molecule has 0 aliphatic carbocycles. The monoisotopic (exact) mass is 256 g/mol. The molecule has 0 radical (unpaired) electrons. The predicted octanol–water partition coefficient (Wildman–Crippen LogP) is 3.19. The van der Waals surface area contributed by atoms with Crippen LogP contribution in [-0.4, -0.2) is 4.92 Å². The number of nitro groups is 1. The number of non-ortho nitro benzene ring substituents is 1. The molecule has 0 amide bonds. The fourth-order valence-electron chi connectivity index (χ4n) is 1.79. The number of hydrogen-bond acceptors (Lipinski definition) is 3. The van der Waals surface area contributed by atoms with E-state index in [0.717, 1.165) is 12.1 Å². The first-order valence-corrected chi connectivity index (χ1v) is 6.15. The highest BCUT2D eigenvalue weighted by molar-refractivity contribution is 5.32. The van der Waals surface area contributed by atoms with Crippen molar-refractivity contribution in [3.05, 3.63) is 75.3 Å². The summed E-state index contributed by atoms with van der Waals surface area (Å²) in [6.45, 7) is 3.55. The van der Waals surface area contributed by atoms with E-state index in [1.54, 1.807) is 12.1 Å². The van der Waals surface area contributed by atoms with E-state index < -0.39 is 0 Å². The summed E-state index contributed by atoms with van der Waals surface area (Å²) in [5, 5.41) is 13.8. The van der Waals surface area contributed by atoms with E-state index in [1.807, 2.05) is 0 Å². The van der Waals surface area contributed by atoms with E-state index in [9.17, 15) is 10.1 Å². The smallest absolute Gasteiger partial charge is 0.269 e. The minimum atomic E-state index is -0.385.